The van der Waals surface area contributed by atoms with Gasteiger partial charge in [0.25, 0.3) is 6.10 Å². The molecule has 0 bridgehead atoms. The lowest BCUT2D eigenvalue weighted by Gasteiger charge is -2.30. The molecule has 0 aromatic heterocycles. The lowest BCUT2D eigenvalue weighted by molar-refractivity contribution is -0.239. The Bertz CT molecular complexity index is 1180. The van der Waals surface area contributed by atoms with E-state index in [1.165, 1.54) is 12.1 Å². The molecule has 0 fully saturated rings. The summed E-state index contributed by atoms with van der Waals surface area (Å²) < 4.78 is 103. The molecule has 0 N–H and O–H groups in total. The minimum Gasteiger partial charge on any atom is -0.743 e. The van der Waals surface area contributed by atoms with Crippen LogP contribution in [0.4, 0.5) is 22.0 Å². The predicted octanol–water partition coefficient (Wildman–Crippen LogP) is 5.85. The molecule has 0 heterocycles. The van der Waals surface area contributed by atoms with Crippen LogP contribution in [0.3, 0.4) is 0 Å². The molecule has 0 radical (unpaired) electrons. The van der Waals surface area contributed by atoms with Crippen LogP contribution >= 0.6 is 0 Å². The second-order valence-corrected chi connectivity index (χ2v) is 10.9. The van der Waals surface area contributed by atoms with Gasteiger partial charge in [-0.2, -0.15) is 22.0 Å². The molecule has 3 aromatic carbocycles. The fraction of sp³-hybridized carbons (Fsp3) is 0.217. The SMILES string of the molecule is Cc1ccc([S+](c2ccc(C)cc2)c2ccc(OC(C(F)(F)F)C(F)(F)S(=O)(=O)[O-])cc2)cc1. The standard InChI is InChI=1S/C23H19F5O4S2/c1-15-3-9-18(10-4-15)33(19-11-5-16(2)6-12-19)20-13-7-17(8-14-20)32-21(22(24,25)26)23(27,28)34(29,30)31/h3-14,21H,1-2H3. The van der Waals surface area contributed by atoms with Crippen LogP contribution in [0.15, 0.2) is 87.5 Å². The van der Waals surface area contributed by atoms with Gasteiger partial charge >= 0.3 is 11.4 Å². The lowest BCUT2D eigenvalue weighted by atomic mass is 10.2. The second kappa shape index (κ2) is 9.55. The number of hydrogen-bond donors (Lipinski definition) is 0. The summed E-state index contributed by atoms with van der Waals surface area (Å²) >= 11 is 0. The maximum absolute atomic E-state index is 13.7. The van der Waals surface area contributed by atoms with Crippen molar-refractivity contribution in [2.24, 2.45) is 0 Å². The first-order chi connectivity index (χ1) is 15.7. The van der Waals surface area contributed by atoms with Crippen molar-refractivity contribution in [3.8, 4) is 5.75 Å². The van der Waals surface area contributed by atoms with Gasteiger partial charge in [-0.05, 0) is 62.4 Å². The van der Waals surface area contributed by atoms with E-state index in [4.69, 9.17) is 0 Å². The first-order valence-electron chi connectivity index (χ1n) is 9.74. The topological polar surface area (TPSA) is 66.4 Å². The average molecular weight is 519 g/mol. The van der Waals surface area contributed by atoms with Crippen molar-refractivity contribution >= 4 is 21.0 Å². The molecular weight excluding hydrogens is 499 g/mol. The summed E-state index contributed by atoms with van der Waals surface area (Å²) in [6.45, 7) is 3.85. The van der Waals surface area contributed by atoms with Gasteiger partial charge in [0.1, 0.15) is 5.75 Å². The van der Waals surface area contributed by atoms with Crippen LogP contribution in [-0.4, -0.2) is 30.5 Å². The maximum Gasteiger partial charge on any atom is 0.432 e. The summed E-state index contributed by atoms with van der Waals surface area (Å²) in [5.74, 6) is -0.661. The van der Waals surface area contributed by atoms with E-state index in [0.29, 0.717) is 4.90 Å². The summed E-state index contributed by atoms with van der Waals surface area (Å²) in [7, 11) is -7.30. The Hall–Kier alpha value is -2.63. The third-order valence-corrected chi connectivity index (χ3v) is 7.87. The summed E-state index contributed by atoms with van der Waals surface area (Å²) in [5, 5.41) is -5.71. The van der Waals surface area contributed by atoms with Gasteiger partial charge in [0.05, 0.1) is 10.9 Å². The summed E-state index contributed by atoms with van der Waals surface area (Å²) in [6.07, 6.45) is -9.96. The molecule has 0 aliphatic carbocycles. The lowest BCUT2D eigenvalue weighted by Crippen LogP contribution is -2.53. The van der Waals surface area contributed by atoms with E-state index in [-0.39, 0.29) is 0 Å². The van der Waals surface area contributed by atoms with Gasteiger partial charge in [0.2, 0.25) is 0 Å². The van der Waals surface area contributed by atoms with Gasteiger partial charge in [0, 0.05) is 0 Å². The monoisotopic (exact) mass is 518 g/mol. The van der Waals surface area contributed by atoms with E-state index < -0.39 is 44.3 Å². The molecule has 3 rings (SSSR count). The highest BCUT2D eigenvalue weighted by molar-refractivity contribution is 7.97. The smallest absolute Gasteiger partial charge is 0.432 e. The number of hydrogen-bond acceptors (Lipinski definition) is 4. The van der Waals surface area contributed by atoms with Crippen molar-refractivity contribution in [2.45, 2.75) is 46.1 Å². The van der Waals surface area contributed by atoms with Gasteiger partial charge in [-0.3, -0.25) is 0 Å². The summed E-state index contributed by atoms with van der Waals surface area (Å²) in [4.78, 5) is 2.49. The van der Waals surface area contributed by atoms with Crippen molar-refractivity contribution in [1.29, 1.82) is 0 Å². The largest absolute Gasteiger partial charge is 0.743 e. The molecule has 182 valence electrons. The molecule has 0 amide bonds. The maximum atomic E-state index is 13.7. The van der Waals surface area contributed by atoms with Crippen molar-refractivity contribution in [3.63, 3.8) is 0 Å². The van der Waals surface area contributed by atoms with Crippen LogP contribution in [0.1, 0.15) is 11.1 Å². The minimum atomic E-state index is -6.63. The fourth-order valence-electron chi connectivity index (χ4n) is 3.00. The Morgan fingerprint density at radius 2 is 1.09 bits per heavy atom. The molecule has 0 saturated heterocycles. The van der Waals surface area contributed by atoms with Crippen LogP contribution in [0.25, 0.3) is 0 Å². The van der Waals surface area contributed by atoms with Gasteiger partial charge < -0.3 is 9.29 Å². The Kier molecular flexibility index (Phi) is 7.30. The average Bonchev–Trinajstić information content (AvgIpc) is 2.74. The van der Waals surface area contributed by atoms with Crippen molar-refractivity contribution in [2.75, 3.05) is 0 Å². The van der Waals surface area contributed by atoms with Crippen molar-refractivity contribution < 1.29 is 39.7 Å². The molecule has 3 aromatic rings. The zero-order valence-corrected chi connectivity index (χ0v) is 19.5. The fourth-order valence-corrected chi connectivity index (χ4v) is 5.49. The van der Waals surface area contributed by atoms with Crippen LogP contribution in [0, 0.1) is 13.8 Å². The van der Waals surface area contributed by atoms with Gasteiger partial charge in [-0.1, -0.05) is 35.4 Å². The molecule has 34 heavy (non-hydrogen) atoms. The van der Waals surface area contributed by atoms with Gasteiger partial charge in [0.15, 0.2) is 24.8 Å². The van der Waals surface area contributed by atoms with Crippen LogP contribution in [0.5, 0.6) is 5.75 Å². The Labute approximate surface area is 196 Å². The van der Waals surface area contributed by atoms with E-state index in [2.05, 4.69) is 4.74 Å². The van der Waals surface area contributed by atoms with Crippen molar-refractivity contribution in [3.05, 3.63) is 83.9 Å². The zero-order chi connectivity index (χ0) is 25.3. The van der Waals surface area contributed by atoms with Crippen LogP contribution < -0.4 is 4.74 Å². The third-order valence-electron chi connectivity index (χ3n) is 4.76. The molecule has 0 aliphatic heterocycles. The first-order valence-corrected chi connectivity index (χ1v) is 12.4. The Morgan fingerprint density at radius 3 is 1.41 bits per heavy atom. The highest BCUT2D eigenvalue weighted by Gasteiger charge is 2.62. The van der Waals surface area contributed by atoms with Gasteiger partial charge in [-0.25, -0.2) is 8.42 Å². The molecule has 4 nitrogen and oxygen atoms in total. The molecule has 1 unspecified atom stereocenters. The molecule has 0 aliphatic rings. The number of halogens is 5. The van der Waals surface area contributed by atoms with E-state index in [0.717, 1.165) is 33.1 Å². The minimum absolute atomic E-state index is 0.659. The molecular formula is C23H19F5O4S2. The highest BCUT2D eigenvalue weighted by atomic mass is 32.2. The number of rotatable bonds is 7. The van der Waals surface area contributed by atoms with Gasteiger partial charge in [-0.15, -0.1) is 0 Å². The summed E-state index contributed by atoms with van der Waals surface area (Å²) in [6, 6.07) is 20.2. The van der Waals surface area contributed by atoms with Crippen LogP contribution in [-0.2, 0) is 21.0 Å². The van der Waals surface area contributed by atoms with E-state index >= 15 is 0 Å². The quantitative estimate of drug-likeness (QED) is 0.224. The molecule has 0 saturated carbocycles. The number of benzene rings is 3. The van der Waals surface area contributed by atoms with E-state index in [1.807, 2.05) is 62.4 Å². The normalized spacial score (nSPS) is 13.7. The number of aryl methyl sites for hydroxylation is 2. The number of alkyl halides is 5. The number of ether oxygens (including phenoxy) is 1. The molecule has 11 heteroatoms. The Balaban J connectivity index is 1.99. The summed E-state index contributed by atoms with van der Waals surface area (Å²) in [5.41, 5.74) is 2.07. The predicted molar refractivity (Wildman–Crippen MR) is 116 cm³/mol. The molecule has 1 atom stereocenters. The van der Waals surface area contributed by atoms with Crippen LogP contribution in [0.2, 0.25) is 0 Å². The second-order valence-electron chi connectivity index (χ2n) is 7.46. The molecule has 0 spiro atoms. The first kappa shape index (κ1) is 26.0. The van der Waals surface area contributed by atoms with E-state index in [1.54, 1.807) is 0 Å². The van der Waals surface area contributed by atoms with Crippen molar-refractivity contribution in [1.82, 2.24) is 0 Å². The van der Waals surface area contributed by atoms with E-state index in [9.17, 15) is 34.9 Å². The highest BCUT2D eigenvalue weighted by Crippen LogP contribution is 2.39. The Morgan fingerprint density at radius 1 is 0.735 bits per heavy atom. The zero-order valence-electron chi connectivity index (χ0n) is 17.8. The third kappa shape index (κ3) is 5.70.